The van der Waals surface area contributed by atoms with Gasteiger partial charge in [0.1, 0.15) is 0 Å². The van der Waals surface area contributed by atoms with E-state index in [0.717, 1.165) is 16.0 Å². The van der Waals surface area contributed by atoms with Gasteiger partial charge in [-0.05, 0) is 43.8 Å². The molecule has 2 aromatic heterocycles. The number of nitrogens with one attached hydrogen (secondary N) is 1. The molecule has 0 radical (unpaired) electrons. The molecule has 0 spiro atoms. The van der Waals surface area contributed by atoms with E-state index in [1.807, 2.05) is 49.6 Å². The molecule has 0 aliphatic carbocycles. The molecule has 3 aromatic rings. The van der Waals surface area contributed by atoms with Crippen molar-refractivity contribution in [2.45, 2.75) is 39.7 Å². The van der Waals surface area contributed by atoms with E-state index >= 15 is 0 Å². The number of benzene rings is 1. The third kappa shape index (κ3) is 5.04. The van der Waals surface area contributed by atoms with Crippen LogP contribution in [-0.4, -0.2) is 28.1 Å². The topological polar surface area (TPSA) is 94.3 Å². The van der Waals surface area contributed by atoms with E-state index in [4.69, 9.17) is 9.26 Å². The Labute approximate surface area is 166 Å². The van der Waals surface area contributed by atoms with Crippen LogP contribution in [0.25, 0.3) is 10.7 Å². The summed E-state index contributed by atoms with van der Waals surface area (Å²) in [6, 6.07) is 9.51. The number of carbonyl (C=O) groups excluding carboxylic acids is 2. The van der Waals surface area contributed by atoms with E-state index in [2.05, 4.69) is 15.5 Å². The van der Waals surface area contributed by atoms with Gasteiger partial charge in [0.2, 0.25) is 11.7 Å². The minimum atomic E-state index is -0.905. The zero-order valence-corrected chi connectivity index (χ0v) is 16.7. The third-order valence-corrected chi connectivity index (χ3v) is 4.94. The van der Waals surface area contributed by atoms with E-state index in [9.17, 15) is 9.59 Å². The van der Waals surface area contributed by atoms with Crippen LogP contribution >= 0.6 is 11.3 Å². The Morgan fingerprint density at radius 1 is 1.29 bits per heavy atom. The molecule has 2 heterocycles. The van der Waals surface area contributed by atoms with E-state index < -0.39 is 12.1 Å². The van der Waals surface area contributed by atoms with Gasteiger partial charge in [-0.25, -0.2) is 0 Å². The van der Waals surface area contributed by atoms with Crippen molar-refractivity contribution in [2.24, 2.45) is 0 Å². The monoisotopic (exact) mass is 399 g/mol. The van der Waals surface area contributed by atoms with Crippen molar-refractivity contribution < 1.29 is 18.8 Å². The Balaban J connectivity index is 1.48. The molecule has 0 saturated carbocycles. The molecule has 0 aliphatic rings. The van der Waals surface area contributed by atoms with E-state index in [1.165, 1.54) is 11.3 Å². The number of rotatable bonds is 7. The number of nitrogens with zero attached hydrogens (tertiary/aromatic N) is 2. The maximum Gasteiger partial charge on any atom is 0.307 e. The Morgan fingerprint density at radius 2 is 2.11 bits per heavy atom. The zero-order chi connectivity index (χ0) is 20.1. The van der Waals surface area contributed by atoms with Crippen LogP contribution in [0.4, 0.5) is 5.69 Å². The molecule has 1 atom stereocenters. The molecule has 28 heavy (non-hydrogen) atoms. The molecule has 0 saturated heterocycles. The summed E-state index contributed by atoms with van der Waals surface area (Å²) in [7, 11) is 0. The molecule has 0 fully saturated rings. The minimum absolute atomic E-state index is 0.0489. The quantitative estimate of drug-likeness (QED) is 0.605. The summed E-state index contributed by atoms with van der Waals surface area (Å²) in [4.78, 5) is 29.5. The summed E-state index contributed by atoms with van der Waals surface area (Å²) in [5.74, 6) is -0.0236. The van der Waals surface area contributed by atoms with Crippen LogP contribution in [0.2, 0.25) is 0 Å². The van der Waals surface area contributed by atoms with Crippen molar-refractivity contribution >= 4 is 28.9 Å². The summed E-state index contributed by atoms with van der Waals surface area (Å²) >= 11 is 1.51. The lowest BCUT2D eigenvalue weighted by atomic mass is 10.1. The maximum absolute atomic E-state index is 12.3. The molecule has 8 heteroatoms. The Hall–Kier alpha value is -3.00. The van der Waals surface area contributed by atoms with E-state index in [0.29, 0.717) is 17.4 Å². The number of thiophene rings is 1. The standard InChI is InChI=1S/C20H21N3O4S/c1-12-6-7-15(13(2)11-12)21-20(25)14(3)26-18(24)9-8-17-22-19(23-27-17)16-5-4-10-28-16/h4-7,10-11,14H,8-9H2,1-3H3,(H,21,25)/t14-/m1/s1. The van der Waals surface area contributed by atoms with Crippen LogP contribution in [0.5, 0.6) is 0 Å². The highest BCUT2D eigenvalue weighted by molar-refractivity contribution is 7.13. The summed E-state index contributed by atoms with van der Waals surface area (Å²) in [6.07, 6.45) is -0.604. The van der Waals surface area contributed by atoms with Gasteiger partial charge in [-0.3, -0.25) is 9.59 Å². The molecule has 3 rings (SSSR count). The lowest BCUT2D eigenvalue weighted by Crippen LogP contribution is -2.30. The molecule has 7 nitrogen and oxygen atoms in total. The van der Waals surface area contributed by atoms with Gasteiger partial charge in [-0.2, -0.15) is 4.98 Å². The first-order valence-electron chi connectivity index (χ1n) is 8.86. The van der Waals surface area contributed by atoms with Crippen LogP contribution in [0, 0.1) is 13.8 Å². The van der Waals surface area contributed by atoms with Gasteiger partial charge in [0.25, 0.3) is 5.91 Å². The van der Waals surface area contributed by atoms with E-state index in [1.54, 1.807) is 6.92 Å². The summed E-state index contributed by atoms with van der Waals surface area (Å²) in [6.45, 7) is 5.43. The van der Waals surface area contributed by atoms with Crippen molar-refractivity contribution in [3.63, 3.8) is 0 Å². The molecule has 1 N–H and O–H groups in total. The normalized spacial score (nSPS) is 11.8. The first kappa shape index (κ1) is 19.8. The van der Waals surface area contributed by atoms with Crippen molar-refractivity contribution in [1.29, 1.82) is 0 Å². The fraction of sp³-hybridized carbons (Fsp3) is 0.300. The molecule has 146 valence electrons. The van der Waals surface area contributed by atoms with Gasteiger partial charge in [-0.15, -0.1) is 11.3 Å². The molecular formula is C20H21N3O4S. The van der Waals surface area contributed by atoms with Gasteiger partial charge < -0.3 is 14.6 Å². The van der Waals surface area contributed by atoms with Gasteiger partial charge in [0.15, 0.2) is 6.10 Å². The molecule has 1 amide bonds. The number of aryl methyl sites for hydroxylation is 3. The smallest absolute Gasteiger partial charge is 0.307 e. The van der Waals surface area contributed by atoms with Crippen molar-refractivity contribution in [3.8, 4) is 10.7 Å². The number of amides is 1. The van der Waals surface area contributed by atoms with Gasteiger partial charge in [-0.1, -0.05) is 28.9 Å². The molecule has 0 aliphatic heterocycles. The summed E-state index contributed by atoms with van der Waals surface area (Å²) in [5.41, 5.74) is 2.76. The number of carbonyl (C=O) groups is 2. The highest BCUT2D eigenvalue weighted by atomic mass is 32.1. The number of hydrogen-bond acceptors (Lipinski definition) is 7. The van der Waals surface area contributed by atoms with Crippen molar-refractivity contribution in [2.75, 3.05) is 5.32 Å². The van der Waals surface area contributed by atoms with Crippen molar-refractivity contribution in [3.05, 3.63) is 52.7 Å². The van der Waals surface area contributed by atoms with E-state index in [-0.39, 0.29) is 18.7 Å². The van der Waals surface area contributed by atoms with Crippen LogP contribution in [0.3, 0.4) is 0 Å². The largest absolute Gasteiger partial charge is 0.453 e. The second-order valence-corrected chi connectivity index (χ2v) is 7.38. The van der Waals surface area contributed by atoms with Crippen LogP contribution in [-0.2, 0) is 20.7 Å². The summed E-state index contributed by atoms with van der Waals surface area (Å²) < 4.78 is 10.4. The fourth-order valence-corrected chi connectivity index (χ4v) is 3.22. The Morgan fingerprint density at radius 3 is 2.82 bits per heavy atom. The second kappa shape index (κ2) is 8.79. The number of esters is 1. The number of hydrogen-bond donors (Lipinski definition) is 1. The molecular weight excluding hydrogens is 378 g/mol. The van der Waals surface area contributed by atoms with Crippen molar-refractivity contribution in [1.82, 2.24) is 10.1 Å². The SMILES string of the molecule is Cc1ccc(NC(=O)[C@@H](C)OC(=O)CCc2nc(-c3cccs3)no2)c(C)c1. The molecule has 1 aromatic carbocycles. The van der Waals surface area contributed by atoms with Gasteiger partial charge in [0.05, 0.1) is 11.3 Å². The predicted octanol–water partition coefficient (Wildman–Crippen LogP) is 3.92. The van der Waals surface area contributed by atoms with Crippen LogP contribution in [0.15, 0.2) is 40.2 Å². The Kier molecular flexibility index (Phi) is 6.20. The second-order valence-electron chi connectivity index (χ2n) is 6.43. The fourth-order valence-electron chi connectivity index (χ4n) is 2.57. The van der Waals surface area contributed by atoms with Gasteiger partial charge >= 0.3 is 5.97 Å². The lowest BCUT2D eigenvalue weighted by Gasteiger charge is -2.14. The number of anilines is 1. The highest BCUT2D eigenvalue weighted by Gasteiger charge is 2.19. The first-order chi connectivity index (χ1) is 13.4. The van der Waals surface area contributed by atoms with Gasteiger partial charge in [0, 0.05) is 12.1 Å². The first-order valence-corrected chi connectivity index (χ1v) is 9.74. The minimum Gasteiger partial charge on any atom is -0.453 e. The zero-order valence-electron chi connectivity index (χ0n) is 15.9. The van der Waals surface area contributed by atoms with Crippen LogP contribution < -0.4 is 5.32 Å². The summed E-state index contributed by atoms with van der Waals surface area (Å²) in [5, 5.41) is 8.60. The number of ether oxygens (including phenoxy) is 1. The Bertz CT molecular complexity index is 966. The predicted molar refractivity (Wildman–Crippen MR) is 106 cm³/mol. The number of aromatic nitrogens is 2. The highest BCUT2D eigenvalue weighted by Crippen LogP contribution is 2.21. The third-order valence-electron chi connectivity index (χ3n) is 4.07. The lowest BCUT2D eigenvalue weighted by molar-refractivity contribution is -0.153. The average molecular weight is 399 g/mol. The maximum atomic E-state index is 12.3. The molecule has 0 unspecified atom stereocenters. The molecule has 0 bridgehead atoms. The van der Waals surface area contributed by atoms with Crippen LogP contribution in [0.1, 0.15) is 30.4 Å². The average Bonchev–Trinajstić information content (AvgIpc) is 3.33.